The van der Waals surface area contributed by atoms with Crippen molar-refractivity contribution in [2.45, 2.75) is 46.3 Å². The average molecular weight is 452 g/mol. The van der Waals surface area contributed by atoms with Crippen LogP contribution in [-0.2, 0) is 9.47 Å². The molecule has 2 aliphatic rings. The fraction of sp³-hybridized carbons (Fsp3) is 0.500. The third-order valence-corrected chi connectivity index (χ3v) is 7.86. The Kier molecular flexibility index (Phi) is 6.70. The number of hydrogen-bond donors (Lipinski definition) is 1. The van der Waals surface area contributed by atoms with Crippen LogP contribution in [0.25, 0.3) is 0 Å². The Balaban J connectivity index is 1.61. The number of rotatable bonds is 7. The molecule has 1 fully saturated rings. The Morgan fingerprint density at radius 2 is 2.17 bits per heavy atom. The number of benzene rings is 1. The predicted octanol–water partition coefficient (Wildman–Crippen LogP) is 5.28. The lowest BCUT2D eigenvalue weighted by atomic mass is 10.2. The fourth-order valence-electron chi connectivity index (χ4n) is 3.54. The van der Waals surface area contributed by atoms with E-state index in [-0.39, 0.29) is 16.7 Å². The van der Waals surface area contributed by atoms with Crippen molar-refractivity contribution in [3.05, 3.63) is 29.2 Å². The number of hydrogen-bond acceptors (Lipinski definition) is 8. The van der Waals surface area contributed by atoms with Gasteiger partial charge in [-0.1, -0.05) is 24.8 Å². The normalized spacial score (nSPS) is 22.7. The number of aromatic nitrogens is 2. The van der Waals surface area contributed by atoms with E-state index >= 15 is 0 Å². The van der Waals surface area contributed by atoms with Crippen molar-refractivity contribution < 1.29 is 14.2 Å². The molecule has 1 aromatic carbocycles. The number of thioether (sulfide) groups is 1. The fourth-order valence-corrected chi connectivity index (χ4v) is 6.49. The van der Waals surface area contributed by atoms with Gasteiger partial charge < -0.3 is 24.1 Å². The van der Waals surface area contributed by atoms with E-state index in [0.29, 0.717) is 18.0 Å². The highest BCUT2D eigenvalue weighted by atomic mass is 32.2. The quantitative estimate of drug-likeness (QED) is 0.487. The first-order valence-corrected chi connectivity index (χ1v) is 11.8. The van der Waals surface area contributed by atoms with E-state index < -0.39 is 0 Å². The summed E-state index contributed by atoms with van der Waals surface area (Å²) >= 11 is 9.17. The number of nitrogens with one attached hydrogen (secondary N) is 1. The third kappa shape index (κ3) is 4.29. The van der Waals surface area contributed by atoms with Crippen LogP contribution in [0, 0.1) is 4.77 Å². The van der Waals surface area contributed by atoms with Crippen molar-refractivity contribution in [1.29, 1.82) is 0 Å². The zero-order valence-corrected chi connectivity index (χ0v) is 19.2. The van der Waals surface area contributed by atoms with E-state index in [1.165, 1.54) is 0 Å². The van der Waals surface area contributed by atoms with Crippen LogP contribution in [-0.4, -0.2) is 48.3 Å². The van der Waals surface area contributed by atoms with Crippen LogP contribution in [0.4, 0.5) is 11.5 Å². The number of nitrogens with zero attached hydrogens (tertiary/aromatic N) is 2. The summed E-state index contributed by atoms with van der Waals surface area (Å²) < 4.78 is 19.6. The second-order valence-corrected chi connectivity index (χ2v) is 9.81. The molecule has 0 saturated carbocycles. The lowest BCUT2D eigenvalue weighted by Gasteiger charge is -2.24. The second-order valence-electron chi connectivity index (χ2n) is 6.94. The zero-order valence-electron chi connectivity index (χ0n) is 16.7. The van der Waals surface area contributed by atoms with Crippen LogP contribution in [0.1, 0.15) is 25.1 Å². The SMILES string of the molecule is CCCOc1cccc2c1Nc1nc(=S)n([C@H]3CC(OC)[C@@H](COC)S3)cc1S2. The molecule has 1 unspecified atom stereocenters. The standard InChI is InChI=1S/C20H25N3O3S3/c1-4-8-26-12-6-5-7-14-18(12)21-19-15(28-14)10-23(20(27)22-19)17-9-13(25-3)16(29-17)11-24-2/h5-7,10,13,16-17H,4,8-9,11H2,1-3H3,(H,21,22,27)/t13?,16-,17-/m1/s1. The summed E-state index contributed by atoms with van der Waals surface area (Å²) in [4.78, 5) is 6.89. The van der Waals surface area contributed by atoms with Gasteiger partial charge in [0.2, 0.25) is 4.77 Å². The number of fused-ring (bicyclic) bond motifs is 2. The van der Waals surface area contributed by atoms with E-state index in [1.807, 2.05) is 23.9 Å². The molecule has 6 nitrogen and oxygen atoms in total. The van der Waals surface area contributed by atoms with Crippen molar-refractivity contribution >= 4 is 47.2 Å². The van der Waals surface area contributed by atoms with Crippen LogP contribution >= 0.6 is 35.7 Å². The summed E-state index contributed by atoms with van der Waals surface area (Å²) in [6.45, 7) is 3.45. The Bertz CT molecular complexity index is 937. The lowest BCUT2D eigenvalue weighted by molar-refractivity contribution is 0.0714. The zero-order chi connectivity index (χ0) is 20.4. The maximum Gasteiger partial charge on any atom is 0.202 e. The minimum Gasteiger partial charge on any atom is -0.491 e. The molecule has 2 aromatic rings. The largest absolute Gasteiger partial charge is 0.491 e. The van der Waals surface area contributed by atoms with E-state index in [0.717, 1.165) is 39.9 Å². The third-order valence-electron chi connectivity index (χ3n) is 4.96. The Labute approximate surface area is 184 Å². The average Bonchev–Trinajstić information content (AvgIpc) is 3.13. The monoisotopic (exact) mass is 451 g/mol. The van der Waals surface area contributed by atoms with Gasteiger partial charge >= 0.3 is 0 Å². The molecule has 0 bridgehead atoms. The minimum atomic E-state index is 0.146. The van der Waals surface area contributed by atoms with Crippen LogP contribution in [0.2, 0.25) is 0 Å². The maximum absolute atomic E-state index is 5.90. The number of ether oxygens (including phenoxy) is 3. The highest BCUT2D eigenvalue weighted by Gasteiger charge is 2.36. The van der Waals surface area contributed by atoms with Crippen LogP contribution in [0.3, 0.4) is 0 Å². The maximum atomic E-state index is 5.90. The summed E-state index contributed by atoms with van der Waals surface area (Å²) in [6, 6.07) is 6.11. The van der Waals surface area contributed by atoms with Gasteiger partial charge in [-0.3, -0.25) is 0 Å². The smallest absolute Gasteiger partial charge is 0.202 e. The van der Waals surface area contributed by atoms with E-state index in [1.54, 1.807) is 26.0 Å². The molecule has 0 radical (unpaired) electrons. The molecule has 3 atom stereocenters. The first-order valence-electron chi connectivity index (χ1n) is 9.65. The van der Waals surface area contributed by atoms with Crippen LogP contribution in [0.15, 0.2) is 34.2 Å². The number of anilines is 2. The summed E-state index contributed by atoms with van der Waals surface area (Å²) in [5.74, 6) is 1.64. The van der Waals surface area contributed by atoms with Crippen molar-refractivity contribution in [1.82, 2.24) is 9.55 Å². The Hall–Kier alpha value is -1.26. The Morgan fingerprint density at radius 1 is 1.31 bits per heavy atom. The summed E-state index contributed by atoms with van der Waals surface area (Å²) in [5, 5.41) is 3.91. The van der Waals surface area contributed by atoms with E-state index in [4.69, 9.17) is 31.4 Å². The molecule has 29 heavy (non-hydrogen) atoms. The minimum absolute atomic E-state index is 0.146. The second kappa shape index (κ2) is 9.26. The van der Waals surface area contributed by atoms with Crippen molar-refractivity contribution in [3.8, 4) is 5.75 Å². The molecule has 2 aliphatic heterocycles. The summed E-state index contributed by atoms with van der Waals surface area (Å²) in [5.41, 5.74) is 0.966. The molecule has 156 valence electrons. The van der Waals surface area contributed by atoms with Gasteiger partial charge in [-0.25, -0.2) is 4.98 Å². The van der Waals surface area contributed by atoms with Crippen molar-refractivity contribution in [3.63, 3.8) is 0 Å². The molecular formula is C20H25N3O3S3. The molecule has 4 rings (SSSR count). The first kappa shape index (κ1) is 21.0. The molecule has 1 N–H and O–H groups in total. The van der Waals surface area contributed by atoms with Gasteiger partial charge in [0, 0.05) is 31.7 Å². The molecule has 0 spiro atoms. The molecule has 1 saturated heterocycles. The predicted molar refractivity (Wildman–Crippen MR) is 120 cm³/mol. The first-order chi connectivity index (χ1) is 14.1. The lowest BCUT2D eigenvalue weighted by Crippen LogP contribution is -2.24. The van der Waals surface area contributed by atoms with Gasteiger partial charge in [0.15, 0.2) is 0 Å². The van der Waals surface area contributed by atoms with Crippen molar-refractivity contribution in [2.75, 3.05) is 32.8 Å². The summed E-state index contributed by atoms with van der Waals surface area (Å²) in [6.07, 6.45) is 4.11. The topological polar surface area (TPSA) is 57.5 Å². The molecule has 3 heterocycles. The van der Waals surface area contributed by atoms with Gasteiger partial charge in [-0.2, -0.15) is 0 Å². The highest BCUT2D eigenvalue weighted by molar-refractivity contribution is 8.00. The van der Waals surface area contributed by atoms with Gasteiger partial charge in [0.25, 0.3) is 0 Å². The summed E-state index contributed by atoms with van der Waals surface area (Å²) in [7, 11) is 3.49. The molecular weight excluding hydrogens is 426 g/mol. The molecule has 0 amide bonds. The number of para-hydroxylation sites is 1. The van der Waals surface area contributed by atoms with Crippen molar-refractivity contribution in [2.24, 2.45) is 0 Å². The van der Waals surface area contributed by atoms with Gasteiger partial charge in [-0.05, 0) is 30.8 Å². The van der Waals surface area contributed by atoms with Crippen LogP contribution < -0.4 is 10.1 Å². The van der Waals surface area contributed by atoms with E-state index in [2.05, 4.69) is 29.1 Å². The van der Waals surface area contributed by atoms with Gasteiger partial charge in [0.1, 0.15) is 11.6 Å². The van der Waals surface area contributed by atoms with E-state index in [9.17, 15) is 0 Å². The Morgan fingerprint density at radius 3 is 2.93 bits per heavy atom. The van der Waals surface area contributed by atoms with Gasteiger partial charge in [-0.15, -0.1) is 11.8 Å². The molecule has 9 heteroatoms. The molecule has 1 aromatic heterocycles. The number of methoxy groups -OCH3 is 2. The van der Waals surface area contributed by atoms with Crippen LogP contribution in [0.5, 0.6) is 5.75 Å². The molecule has 0 aliphatic carbocycles. The van der Waals surface area contributed by atoms with Gasteiger partial charge in [0.05, 0.1) is 40.5 Å². The highest BCUT2D eigenvalue weighted by Crippen LogP contribution is 2.49.